The molecule has 0 aliphatic carbocycles. The number of anilines is 1. The van der Waals surface area contributed by atoms with Gasteiger partial charge in [0.2, 0.25) is 5.91 Å². The van der Waals surface area contributed by atoms with Gasteiger partial charge in [-0.15, -0.1) is 0 Å². The molecule has 1 aliphatic rings. The summed E-state index contributed by atoms with van der Waals surface area (Å²) in [6.07, 6.45) is 1.31. The second-order valence-electron chi connectivity index (χ2n) is 5.93. The largest absolute Gasteiger partial charge is 0.427 e. The average molecular weight is 456 g/mol. The van der Waals surface area contributed by atoms with Gasteiger partial charge in [0.05, 0.1) is 12.1 Å². The van der Waals surface area contributed by atoms with E-state index in [0.717, 1.165) is 5.56 Å². The van der Waals surface area contributed by atoms with Crippen LogP contribution in [-0.2, 0) is 39.3 Å². The van der Waals surface area contributed by atoms with E-state index in [1.807, 2.05) is 0 Å². The van der Waals surface area contributed by atoms with Crippen LogP contribution in [0.1, 0.15) is 20.7 Å². The van der Waals surface area contributed by atoms with Gasteiger partial charge < -0.3 is 20.0 Å². The number of amides is 1. The Balaban J connectivity index is 0.00000210. The molecule has 2 heterocycles. The van der Waals surface area contributed by atoms with Gasteiger partial charge in [-0.1, -0.05) is 34.8 Å². The maximum absolute atomic E-state index is 12.7. The number of nitrogens with one attached hydrogen (secondary N) is 2. The van der Waals surface area contributed by atoms with Gasteiger partial charge in [-0.3, -0.25) is 9.59 Å². The standard InChI is InChI=1S/C19H13ClN3O3.Y/c20-12-6-4-11(5-7-12)8-22-19(26)14-10-23-16(24)9-21-15-3-1-2-13(17(15)23)18(14)25;/h2-7,10,21H,8-9H2,(H,22,26);/q-1;. The number of nitrogens with zero attached hydrogens (tertiary/aromatic N) is 1. The van der Waals surface area contributed by atoms with Crippen molar-refractivity contribution in [2.45, 2.75) is 6.54 Å². The first-order valence-corrected chi connectivity index (χ1v) is 8.31. The molecule has 0 atom stereocenters. The van der Waals surface area contributed by atoms with Crippen molar-refractivity contribution in [3.8, 4) is 0 Å². The van der Waals surface area contributed by atoms with Crippen molar-refractivity contribution in [2.24, 2.45) is 0 Å². The molecule has 133 valence electrons. The van der Waals surface area contributed by atoms with Gasteiger partial charge in [0, 0.05) is 50.5 Å². The van der Waals surface area contributed by atoms with Crippen LogP contribution >= 0.6 is 11.6 Å². The minimum atomic E-state index is -0.535. The Morgan fingerprint density at radius 1 is 1.22 bits per heavy atom. The number of rotatable bonds is 3. The molecule has 1 amide bonds. The predicted molar refractivity (Wildman–Crippen MR) is 98.8 cm³/mol. The number of carbonyl (C=O) groups is 2. The van der Waals surface area contributed by atoms with Crippen LogP contribution in [0.25, 0.3) is 10.9 Å². The Labute approximate surface area is 184 Å². The summed E-state index contributed by atoms with van der Waals surface area (Å²) in [5.74, 6) is -0.771. The fourth-order valence-corrected chi connectivity index (χ4v) is 3.08. The third-order valence-corrected chi connectivity index (χ3v) is 4.52. The second-order valence-corrected chi connectivity index (χ2v) is 6.37. The van der Waals surface area contributed by atoms with Gasteiger partial charge in [-0.2, -0.15) is 18.2 Å². The smallest absolute Gasteiger partial charge is 0.255 e. The maximum atomic E-state index is 12.7. The van der Waals surface area contributed by atoms with Gasteiger partial charge in [0.25, 0.3) is 5.91 Å². The van der Waals surface area contributed by atoms with Crippen LogP contribution in [0.3, 0.4) is 0 Å². The molecule has 2 aromatic carbocycles. The summed E-state index contributed by atoms with van der Waals surface area (Å²) in [5.41, 5.74) is 1.46. The first-order valence-electron chi connectivity index (χ1n) is 7.94. The van der Waals surface area contributed by atoms with Crippen LogP contribution in [0.5, 0.6) is 0 Å². The topological polar surface area (TPSA) is 80.2 Å². The van der Waals surface area contributed by atoms with Crippen molar-refractivity contribution in [2.75, 3.05) is 11.9 Å². The zero-order valence-electron chi connectivity index (χ0n) is 14.1. The normalized spacial score (nSPS) is 12.3. The predicted octanol–water partition coefficient (Wildman–Crippen LogP) is 2.45. The van der Waals surface area contributed by atoms with Crippen LogP contribution in [0.15, 0.2) is 47.4 Å². The van der Waals surface area contributed by atoms with Gasteiger partial charge in [-0.25, -0.2) is 0 Å². The summed E-state index contributed by atoms with van der Waals surface area (Å²) in [6, 6.07) is 13.1. The van der Waals surface area contributed by atoms with Crippen LogP contribution in [0.2, 0.25) is 5.02 Å². The molecule has 6 nitrogen and oxygen atoms in total. The number of halogens is 1. The molecule has 0 unspecified atom stereocenters. The molecular formula is C19H13ClN3O3Y-. The van der Waals surface area contributed by atoms with Crippen molar-refractivity contribution in [3.05, 3.63) is 75.0 Å². The van der Waals surface area contributed by atoms with E-state index in [1.54, 1.807) is 30.3 Å². The molecule has 1 aliphatic heterocycles. The van der Waals surface area contributed by atoms with E-state index in [-0.39, 0.29) is 62.7 Å². The van der Waals surface area contributed by atoms with E-state index >= 15 is 0 Å². The van der Waals surface area contributed by atoms with E-state index in [2.05, 4.69) is 16.7 Å². The molecule has 3 aromatic rings. The Morgan fingerprint density at radius 3 is 2.70 bits per heavy atom. The fourth-order valence-electron chi connectivity index (χ4n) is 2.95. The fraction of sp³-hybridized carbons (Fsp3) is 0.105. The summed E-state index contributed by atoms with van der Waals surface area (Å²) in [6.45, 7) is 0.337. The summed E-state index contributed by atoms with van der Waals surface area (Å²) in [4.78, 5) is 37.5. The molecule has 0 bridgehead atoms. The summed E-state index contributed by atoms with van der Waals surface area (Å²) in [7, 11) is 0. The third kappa shape index (κ3) is 3.70. The average Bonchev–Trinajstić information content (AvgIpc) is 2.65. The van der Waals surface area contributed by atoms with E-state index in [4.69, 9.17) is 11.6 Å². The zero-order valence-corrected chi connectivity index (χ0v) is 17.7. The second kappa shape index (κ2) is 7.92. The van der Waals surface area contributed by atoms with Gasteiger partial charge in [-0.05, 0) is 23.2 Å². The Morgan fingerprint density at radius 2 is 1.96 bits per heavy atom. The Bertz CT molecular complexity index is 1110. The van der Waals surface area contributed by atoms with Crippen molar-refractivity contribution in [1.82, 2.24) is 9.88 Å². The number of benzene rings is 2. The molecule has 27 heavy (non-hydrogen) atoms. The van der Waals surface area contributed by atoms with Gasteiger partial charge in [0.1, 0.15) is 5.43 Å². The first kappa shape index (κ1) is 19.7. The molecular weight excluding hydrogens is 443 g/mol. The maximum Gasteiger partial charge on any atom is 0.255 e. The SMILES string of the molecule is O=C(NCc1ccc(Cl)cc1)c1cn2c3c(c[c-]cc3c1=O)NCC2=O.[Y]. The minimum Gasteiger partial charge on any atom is -0.427 e. The molecule has 0 saturated heterocycles. The van der Waals surface area contributed by atoms with Gasteiger partial charge in [0.15, 0.2) is 0 Å². The van der Waals surface area contributed by atoms with Crippen molar-refractivity contribution in [3.63, 3.8) is 0 Å². The number of hydrogen-bond donors (Lipinski definition) is 2. The zero-order chi connectivity index (χ0) is 18.3. The molecule has 0 fully saturated rings. The third-order valence-electron chi connectivity index (χ3n) is 4.26. The summed E-state index contributed by atoms with van der Waals surface area (Å²) >= 11 is 5.84. The van der Waals surface area contributed by atoms with Crippen molar-refractivity contribution >= 4 is 40.0 Å². The molecule has 4 rings (SSSR count). The van der Waals surface area contributed by atoms with Crippen molar-refractivity contribution in [1.29, 1.82) is 0 Å². The van der Waals surface area contributed by atoms with E-state index in [1.165, 1.54) is 16.8 Å². The van der Waals surface area contributed by atoms with E-state index in [0.29, 0.717) is 16.2 Å². The number of aromatic nitrogens is 1. The summed E-state index contributed by atoms with van der Waals surface area (Å²) < 4.78 is 1.35. The minimum absolute atomic E-state index is 0. The van der Waals surface area contributed by atoms with Gasteiger partial charge >= 0.3 is 0 Å². The Kier molecular flexibility index (Phi) is 5.79. The monoisotopic (exact) mass is 455 g/mol. The van der Waals surface area contributed by atoms with Crippen LogP contribution < -0.4 is 16.1 Å². The first-order chi connectivity index (χ1) is 12.5. The van der Waals surface area contributed by atoms with E-state index < -0.39 is 11.3 Å². The van der Waals surface area contributed by atoms with Crippen LogP contribution in [0, 0.1) is 6.07 Å². The molecule has 1 aromatic heterocycles. The molecule has 0 saturated carbocycles. The number of hydrogen-bond acceptors (Lipinski definition) is 4. The molecule has 8 heteroatoms. The Hall–Kier alpha value is -2.02. The number of pyridine rings is 1. The van der Waals surface area contributed by atoms with Crippen LogP contribution in [0.4, 0.5) is 5.69 Å². The molecule has 2 N–H and O–H groups in total. The summed E-state index contributed by atoms with van der Waals surface area (Å²) in [5, 5.41) is 6.54. The van der Waals surface area contributed by atoms with Crippen LogP contribution in [-0.4, -0.2) is 22.9 Å². The number of carbonyl (C=O) groups excluding carboxylic acids is 2. The van der Waals surface area contributed by atoms with E-state index in [9.17, 15) is 14.4 Å². The quantitative estimate of drug-likeness (QED) is 0.595. The van der Waals surface area contributed by atoms with Crippen molar-refractivity contribution < 1.29 is 42.3 Å². The molecule has 1 radical (unpaired) electrons. The molecule has 0 spiro atoms.